The number of morpholine rings is 1. The van der Waals surface area contributed by atoms with Gasteiger partial charge in [0.15, 0.2) is 0 Å². The van der Waals surface area contributed by atoms with Gasteiger partial charge in [-0.05, 0) is 30.9 Å². The number of hydrogen-bond donors (Lipinski definition) is 1. The first-order valence-electron chi connectivity index (χ1n) is 7.78. The molecule has 0 bridgehead atoms. The highest BCUT2D eigenvalue weighted by Crippen LogP contribution is 2.30. The van der Waals surface area contributed by atoms with Crippen molar-refractivity contribution in [2.45, 2.75) is 32.5 Å². The van der Waals surface area contributed by atoms with E-state index in [1.165, 1.54) is 25.1 Å². The molecule has 3 heteroatoms. The van der Waals surface area contributed by atoms with Crippen LogP contribution in [-0.4, -0.2) is 43.7 Å². The fraction of sp³-hybridized carbons (Fsp3) is 0.647. The molecule has 1 aromatic carbocycles. The smallest absolute Gasteiger partial charge is 0.0956 e. The van der Waals surface area contributed by atoms with E-state index in [-0.39, 0.29) is 6.10 Å². The van der Waals surface area contributed by atoms with Crippen LogP contribution in [0.3, 0.4) is 0 Å². The van der Waals surface area contributed by atoms with Crippen LogP contribution in [0.1, 0.15) is 31.9 Å². The molecular formula is C17H26N2O. The average Bonchev–Trinajstić information content (AvgIpc) is 2.85. The third-order valence-corrected chi connectivity index (χ3v) is 4.57. The van der Waals surface area contributed by atoms with Crippen molar-refractivity contribution in [3.63, 3.8) is 0 Å². The molecule has 0 aromatic heterocycles. The van der Waals surface area contributed by atoms with E-state index in [0.29, 0.717) is 11.5 Å². The first kappa shape index (κ1) is 14.1. The molecule has 110 valence electrons. The molecule has 3 unspecified atom stereocenters. The van der Waals surface area contributed by atoms with E-state index in [0.717, 1.165) is 19.6 Å². The zero-order valence-corrected chi connectivity index (χ0v) is 12.6. The normalized spacial score (nSPS) is 35.3. The number of rotatable bonds is 3. The van der Waals surface area contributed by atoms with Crippen molar-refractivity contribution in [2.75, 3.05) is 32.7 Å². The van der Waals surface area contributed by atoms with E-state index in [9.17, 15) is 0 Å². The van der Waals surface area contributed by atoms with E-state index < -0.39 is 0 Å². The molecule has 0 saturated carbocycles. The molecule has 3 atom stereocenters. The number of benzene rings is 1. The maximum absolute atomic E-state index is 6.14. The second-order valence-electron chi connectivity index (χ2n) is 6.78. The Balaban J connectivity index is 1.67. The van der Waals surface area contributed by atoms with Gasteiger partial charge in [0.1, 0.15) is 0 Å². The SMILES string of the molecule is CC1CN(CC2(C)CCNC2)CC(c2ccccc2)O1. The molecule has 2 saturated heterocycles. The van der Waals surface area contributed by atoms with Crippen LogP contribution in [0.2, 0.25) is 0 Å². The van der Waals surface area contributed by atoms with Gasteiger partial charge >= 0.3 is 0 Å². The molecule has 2 aliphatic heterocycles. The van der Waals surface area contributed by atoms with Gasteiger partial charge in [0.2, 0.25) is 0 Å². The van der Waals surface area contributed by atoms with Gasteiger partial charge in [0, 0.05) is 26.2 Å². The van der Waals surface area contributed by atoms with Crippen molar-refractivity contribution >= 4 is 0 Å². The molecule has 0 aliphatic carbocycles. The van der Waals surface area contributed by atoms with Crippen LogP contribution in [0.4, 0.5) is 0 Å². The Hall–Kier alpha value is -0.900. The topological polar surface area (TPSA) is 24.5 Å². The summed E-state index contributed by atoms with van der Waals surface area (Å²) in [6.07, 6.45) is 1.82. The molecule has 2 fully saturated rings. The summed E-state index contributed by atoms with van der Waals surface area (Å²) in [6, 6.07) is 10.6. The fourth-order valence-corrected chi connectivity index (χ4v) is 3.56. The molecular weight excluding hydrogens is 248 g/mol. The Morgan fingerprint density at radius 3 is 2.80 bits per heavy atom. The van der Waals surface area contributed by atoms with E-state index in [1.807, 2.05) is 0 Å². The molecule has 20 heavy (non-hydrogen) atoms. The zero-order valence-electron chi connectivity index (χ0n) is 12.6. The number of hydrogen-bond acceptors (Lipinski definition) is 3. The van der Waals surface area contributed by atoms with E-state index >= 15 is 0 Å². The highest BCUT2D eigenvalue weighted by atomic mass is 16.5. The van der Waals surface area contributed by atoms with Gasteiger partial charge in [0.25, 0.3) is 0 Å². The summed E-state index contributed by atoms with van der Waals surface area (Å²) < 4.78 is 6.14. The van der Waals surface area contributed by atoms with Crippen LogP contribution in [0, 0.1) is 5.41 Å². The van der Waals surface area contributed by atoms with Crippen molar-refractivity contribution in [3.05, 3.63) is 35.9 Å². The maximum Gasteiger partial charge on any atom is 0.0956 e. The van der Waals surface area contributed by atoms with Gasteiger partial charge in [-0.1, -0.05) is 37.3 Å². The highest BCUT2D eigenvalue weighted by Gasteiger charge is 2.34. The molecule has 0 radical (unpaired) electrons. The lowest BCUT2D eigenvalue weighted by atomic mass is 9.88. The van der Waals surface area contributed by atoms with Gasteiger partial charge in [-0.3, -0.25) is 4.90 Å². The molecule has 3 nitrogen and oxygen atoms in total. The lowest BCUT2D eigenvalue weighted by Crippen LogP contribution is -2.47. The second-order valence-corrected chi connectivity index (χ2v) is 6.78. The summed E-state index contributed by atoms with van der Waals surface area (Å²) in [7, 11) is 0. The summed E-state index contributed by atoms with van der Waals surface area (Å²) >= 11 is 0. The minimum atomic E-state index is 0.220. The van der Waals surface area contributed by atoms with Gasteiger partial charge < -0.3 is 10.1 Å². The Kier molecular flexibility index (Phi) is 4.11. The Morgan fingerprint density at radius 2 is 2.10 bits per heavy atom. The van der Waals surface area contributed by atoms with E-state index in [1.54, 1.807) is 0 Å². The molecule has 2 heterocycles. The third-order valence-electron chi connectivity index (χ3n) is 4.57. The van der Waals surface area contributed by atoms with Crippen LogP contribution >= 0.6 is 0 Å². The monoisotopic (exact) mass is 274 g/mol. The standard InChI is InChI=1S/C17H26N2O/c1-14-10-19(13-17(2)8-9-18-12-17)11-16(20-14)15-6-4-3-5-7-15/h3-7,14,16,18H,8-13H2,1-2H3. The van der Waals surface area contributed by atoms with Crippen molar-refractivity contribution in [2.24, 2.45) is 5.41 Å². The van der Waals surface area contributed by atoms with E-state index in [2.05, 4.69) is 54.4 Å². The lowest BCUT2D eigenvalue weighted by molar-refractivity contribution is -0.0861. The highest BCUT2D eigenvalue weighted by molar-refractivity contribution is 5.18. The first-order valence-corrected chi connectivity index (χ1v) is 7.78. The summed E-state index contributed by atoms with van der Waals surface area (Å²) in [5, 5.41) is 3.50. The summed E-state index contributed by atoms with van der Waals surface area (Å²) in [4.78, 5) is 2.60. The Labute approximate surface area is 122 Å². The van der Waals surface area contributed by atoms with Gasteiger partial charge in [0.05, 0.1) is 12.2 Å². The minimum absolute atomic E-state index is 0.220. The number of nitrogens with zero attached hydrogens (tertiary/aromatic N) is 1. The van der Waals surface area contributed by atoms with Crippen LogP contribution in [0.5, 0.6) is 0 Å². The summed E-state index contributed by atoms with van der Waals surface area (Å²) in [5.74, 6) is 0. The minimum Gasteiger partial charge on any atom is -0.368 e. The van der Waals surface area contributed by atoms with Crippen LogP contribution in [-0.2, 0) is 4.74 Å². The maximum atomic E-state index is 6.14. The largest absolute Gasteiger partial charge is 0.368 e. The number of ether oxygens (including phenoxy) is 1. The third kappa shape index (κ3) is 3.22. The first-order chi connectivity index (χ1) is 9.65. The van der Waals surface area contributed by atoms with Crippen LogP contribution in [0.25, 0.3) is 0 Å². The van der Waals surface area contributed by atoms with Gasteiger partial charge in [-0.2, -0.15) is 0 Å². The Bertz CT molecular complexity index is 428. The molecule has 3 rings (SSSR count). The molecule has 0 spiro atoms. The lowest BCUT2D eigenvalue weighted by Gasteiger charge is -2.40. The van der Waals surface area contributed by atoms with Gasteiger partial charge in [-0.15, -0.1) is 0 Å². The molecule has 0 amide bonds. The van der Waals surface area contributed by atoms with Gasteiger partial charge in [-0.25, -0.2) is 0 Å². The second kappa shape index (κ2) is 5.84. The predicted molar refractivity (Wildman–Crippen MR) is 81.8 cm³/mol. The zero-order chi connectivity index (χ0) is 14.0. The summed E-state index contributed by atoms with van der Waals surface area (Å²) in [5.41, 5.74) is 1.73. The van der Waals surface area contributed by atoms with Crippen LogP contribution in [0.15, 0.2) is 30.3 Å². The quantitative estimate of drug-likeness (QED) is 0.916. The Morgan fingerprint density at radius 1 is 1.30 bits per heavy atom. The van der Waals surface area contributed by atoms with Crippen molar-refractivity contribution < 1.29 is 4.74 Å². The fourth-order valence-electron chi connectivity index (χ4n) is 3.56. The molecule has 2 aliphatic rings. The number of nitrogens with one attached hydrogen (secondary N) is 1. The van der Waals surface area contributed by atoms with Crippen molar-refractivity contribution in [3.8, 4) is 0 Å². The van der Waals surface area contributed by atoms with E-state index in [4.69, 9.17) is 4.74 Å². The predicted octanol–water partition coefficient (Wildman–Crippen LogP) is 2.45. The average molecular weight is 274 g/mol. The van der Waals surface area contributed by atoms with Crippen LogP contribution < -0.4 is 5.32 Å². The van der Waals surface area contributed by atoms with Crippen molar-refractivity contribution in [1.29, 1.82) is 0 Å². The summed E-state index contributed by atoms with van der Waals surface area (Å²) in [6.45, 7) is 10.2. The molecule has 1 aromatic rings. The molecule has 1 N–H and O–H groups in total. The van der Waals surface area contributed by atoms with Crippen molar-refractivity contribution in [1.82, 2.24) is 10.2 Å².